The van der Waals surface area contributed by atoms with Gasteiger partial charge in [0, 0.05) is 10.9 Å². The van der Waals surface area contributed by atoms with Crippen LogP contribution in [0.4, 0.5) is 0 Å². The molecular formula is C16H22BrNO3. The molecule has 1 unspecified atom stereocenters. The molecule has 0 aliphatic heterocycles. The predicted molar refractivity (Wildman–Crippen MR) is 85.9 cm³/mol. The number of carbonyl (C=O) groups excluding carboxylic acids is 2. The number of carbonyl (C=O) groups is 2. The maximum Gasteiger partial charge on any atom is 0.328 e. The largest absolute Gasteiger partial charge is 0.467 e. The third kappa shape index (κ3) is 6.29. The molecule has 1 rings (SSSR count). The molecule has 0 saturated carbocycles. The Kier molecular flexibility index (Phi) is 7.43. The Morgan fingerprint density at radius 3 is 2.52 bits per heavy atom. The number of methoxy groups -OCH3 is 1. The third-order valence-electron chi connectivity index (χ3n) is 3.11. The maximum absolute atomic E-state index is 12.0. The SMILES string of the molecule is COC(=O)C(CC(C)C)NC(=O)CCc1ccccc1Br. The lowest BCUT2D eigenvalue weighted by atomic mass is 10.0. The summed E-state index contributed by atoms with van der Waals surface area (Å²) in [7, 11) is 1.34. The first-order chi connectivity index (χ1) is 9.93. The molecule has 4 nitrogen and oxygen atoms in total. The standard InChI is InChI=1S/C16H22BrNO3/c1-11(2)10-14(16(20)21-3)18-15(19)9-8-12-6-4-5-7-13(12)17/h4-7,11,14H,8-10H2,1-3H3,(H,18,19). The number of amides is 1. The molecule has 0 aromatic heterocycles. The zero-order valence-electron chi connectivity index (χ0n) is 12.7. The Labute approximate surface area is 134 Å². The van der Waals surface area contributed by atoms with Gasteiger partial charge in [0.1, 0.15) is 6.04 Å². The molecule has 1 atom stereocenters. The average molecular weight is 356 g/mol. The highest BCUT2D eigenvalue weighted by Crippen LogP contribution is 2.17. The van der Waals surface area contributed by atoms with E-state index in [4.69, 9.17) is 4.74 Å². The Morgan fingerprint density at radius 1 is 1.29 bits per heavy atom. The third-order valence-corrected chi connectivity index (χ3v) is 3.88. The van der Waals surface area contributed by atoms with E-state index in [1.165, 1.54) is 7.11 Å². The minimum Gasteiger partial charge on any atom is -0.467 e. The van der Waals surface area contributed by atoms with E-state index >= 15 is 0 Å². The van der Waals surface area contributed by atoms with E-state index in [2.05, 4.69) is 21.2 Å². The fourth-order valence-corrected chi connectivity index (χ4v) is 2.53. The van der Waals surface area contributed by atoms with Crippen molar-refractivity contribution in [2.75, 3.05) is 7.11 Å². The van der Waals surface area contributed by atoms with Gasteiger partial charge < -0.3 is 10.1 Å². The molecule has 0 spiro atoms. The number of hydrogen-bond donors (Lipinski definition) is 1. The number of benzene rings is 1. The molecular weight excluding hydrogens is 334 g/mol. The molecule has 116 valence electrons. The van der Waals surface area contributed by atoms with Crippen LogP contribution in [-0.4, -0.2) is 25.0 Å². The van der Waals surface area contributed by atoms with Crippen molar-refractivity contribution in [2.24, 2.45) is 5.92 Å². The highest BCUT2D eigenvalue weighted by atomic mass is 79.9. The molecule has 0 aliphatic rings. The highest BCUT2D eigenvalue weighted by molar-refractivity contribution is 9.10. The number of rotatable bonds is 7. The number of nitrogens with one attached hydrogen (secondary N) is 1. The van der Waals surface area contributed by atoms with Crippen LogP contribution in [0.3, 0.4) is 0 Å². The van der Waals surface area contributed by atoms with Crippen LogP contribution in [0.2, 0.25) is 0 Å². The van der Waals surface area contributed by atoms with Gasteiger partial charge in [-0.2, -0.15) is 0 Å². The number of esters is 1. The monoisotopic (exact) mass is 355 g/mol. The second-order valence-corrected chi connectivity index (χ2v) is 6.22. The van der Waals surface area contributed by atoms with Crippen LogP contribution in [0, 0.1) is 5.92 Å². The first kappa shape index (κ1) is 17.7. The zero-order chi connectivity index (χ0) is 15.8. The van der Waals surface area contributed by atoms with Crippen molar-refractivity contribution in [3.63, 3.8) is 0 Å². The summed E-state index contributed by atoms with van der Waals surface area (Å²) >= 11 is 3.46. The van der Waals surface area contributed by atoms with Crippen LogP contribution >= 0.6 is 15.9 Å². The number of aryl methyl sites for hydroxylation is 1. The van der Waals surface area contributed by atoms with Gasteiger partial charge in [0.25, 0.3) is 0 Å². The molecule has 5 heteroatoms. The molecule has 0 heterocycles. The molecule has 1 N–H and O–H groups in total. The van der Waals surface area contributed by atoms with Gasteiger partial charge in [-0.05, 0) is 30.4 Å². The van der Waals surface area contributed by atoms with Gasteiger partial charge in [0.15, 0.2) is 0 Å². The number of hydrogen-bond acceptors (Lipinski definition) is 3. The van der Waals surface area contributed by atoms with Gasteiger partial charge in [-0.15, -0.1) is 0 Å². The van der Waals surface area contributed by atoms with Crippen LogP contribution < -0.4 is 5.32 Å². The Balaban J connectivity index is 2.54. The first-order valence-electron chi connectivity index (χ1n) is 7.04. The molecule has 0 radical (unpaired) electrons. The summed E-state index contributed by atoms with van der Waals surface area (Å²) in [5.41, 5.74) is 1.08. The van der Waals surface area contributed by atoms with Gasteiger partial charge in [0.05, 0.1) is 7.11 Å². The van der Waals surface area contributed by atoms with Gasteiger partial charge in [-0.1, -0.05) is 48.0 Å². The van der Waals surface area contributed by atoms with E-state index in [0.29, 0.717) is 25.2 Å². The van der Waals surface area contributed by atoms with Crippen LogP contribution in [0.25, 0.3) is 0 Å². The lowest BCUT2D eigenvalue weighted by Gasteiger charge is -2.18. The normalized spacial score (nSPS) is 12.0. The number of halogens is 1. The minimum absolute atomic E-state index is 0.137. The maximum atomic E-state index is 12.0. The lowest BCUT2D eigenvalue weighted by Crippen LogP contribution is -2.42. The Morgan fingerprint density at radius 2 is 1.95 bits per heavy atom. The van der Waals surface area contributed by atoms with Crippen molar-refractivity contribution in [1.29, 1.82) is 0 Å². The number of ether oxygens (including phenoxy) is 1. The van der Waals surface area contributed by atoms with Crippen molar-refractivity contribution < 1.29 is 14.3 Å². The molecule has 1 aromatic rings. The molecule has 1 aromatic carbocycles. The van der Waals surface area contributed by atoms with Gasteiger partial charge in [-0.3, -0.25) is 4.79 Å². The fourth-order valence-electron chi connectivity index (χ4n) is 2.04. The van der Waals surface area contributed by atoms with Gasteiger partial charge >= 0.3 is 5.97 Å². The lowest BCUT2D eigenvalue weighted by molar-refractivity contribution is -0.145. The van der Waals surface area contributed by atoms with E-state index < -0.39 is 12.0 Å². The summed E-state index contributed by atoms with van der Waals surface area (Å²) in [5, 5.41) is 2.76. The fraction of sp³-hybridized carbons (Fsp3) is 0.500. The summed E-state index contributed by atoms with van der Waals surface area (Å²) < 4.78 is 5.73. The van der Waals surface area contributed by atoms with E-state index in [9.17, 15) is 9.59 Å². The van der Waals surface area contributed by atoms with E-state index in [0.717, 1.165) is 10.0 Å². The van der Waals surface area contributed by atoms with Gasteiger partial charge in [0.2, 0.25) is 5.91 Å². The Bertz CT molecular complexity index is 488. The minimum atomic E-state index is -0.568. The molecule has 0 bridgehead atoms. The molecule has 1 amide bonds. The zero-order valence-corrected chi connectivity index (χ0v) is 14.3. The van der Waals surface area contributed by atoms with E-state index in [1.54, 1.807) is 0 Å². The molecule has 0 fully saturated rings. The quantitative estimate of drug-likeness (QED) is 0.764. The average Bonchev–Trinajstić information content (AvgIpc) is 2.44. The molecule has 0 saturated heterocycles. The summed E-state index contributed by atoms with van der Waals surface area (Å²) in [4.78, 5) is 23.7. The van der Waals surface area contributed by atoms with Crippen molar-refractivity contribution in [3.8, 4) is 0 Å². The summed E-state index contributed by atoms with van der Waals surface area (Å²) in [6.45, 7) is 4.01. The van der Waals surface area contributed by atoms with Crippen LogP contribution in [0.15, 0.2) is 28.7 Å². The topological polar surface area (TPSA) is 55.4 Å². The summed E-state index contributed by atoms with van der Waals surface area (Å²) in [6.07, 6.45) is 1.55. The second-order valence-electron chi connectivity index (χ2n) is 5.36. The summed E-state index contributed by atoms with van der Waals surface area (Å²) in [5.74, 6) is -0.225. The molecule has 21 heavy (non-hydrogen) atoms. The van der Waals surface area contributed by atoms with Gasteiger partial charge in [-0.25, -0.2) is 4.79 Å². The highest BCUT2D eigenvalue weighted by Gasteiger charge is 2.22. The van der Waals surface area contributed by atoms with Crippen LogP contribution in [-0.2, 0) is 20.7 Å². The van der Waals surface area contributed by atoms with E-state index in [1.807, 2.05) is 38.1 Å². The molecule has 0 aliphatic carbocycles. The van der Waals surface area contributed by atoms with Crippen molar-refractivity contribution >= 4 is 27.8 Å². The summed E-state index contributed by atoms with van der Waals surface area (Å²) in [6, 6.07) is 7.23. The van der Waals surface area contributed by atoms with Crippen LogP contribution in [0.1, 0.15) is 32.3 Å². The van der Waals surface area contributed by atoms with Crippen LogP contribution in [0.5, 0.6) is 0 Å². The smallest absolute Gasteiger partial charge is 0.328 e. The van der Waals surface area contributed by atoms with Crippen molar-refractivity contribution in [1.82, 2.24) is 5.32 Å². The predicted octanol–water partition coefficient (Wildman–Crippen LogP) is 3.09. The van der Waals surface area contributed by atoms with E-state index in [-0.39, 0.29) is 5.91 Å². The first-order valence-corrected chi connectivity index (χ1v) is 7.84. The second kappa shape index (κ2) is 8.82. The Hall–Kier alpha value is -1.36. The van der Waals surface area contributed by atoms with Crippen molar-refractivity contribution in [2.45, 2.75) is 39.2 Å². The van der Waals surface area contributed by atoms with Crippen molar-refractivity contribution in [3.05, 3.63) is 34.3 Å².